The Kier molecular flexibility index (Phi) is 5.00. The number of benzene rings is 2. The normalized spacial score (nSPS) is 15.2. The van der Waals surface area contributed by atoms with Crippen LogP contribution in [0.25, 0.3) is 6.08 Å². The van der Waals surface area contributed by atoms with Gasteiger partial charge < -0.3 is 24.4 Å². The van der Waals surface area contributed by atoms with Gasteiger partial charge in [-0.15, -0.1) is 0 Å². The molecule has 2 N–H and O–H groups in total. The third kappa shape index (κ3) is 3.42. The van der Waals surface area contributed by atoms with Gasteiger partial charge in [0.05, 0.1) is 23.8 Å². The highest BCUT2D eigenvalue weighted by molar-refractivity contribution is 6.31. The van der Waals surface area contributed by atoms with Crippen LogP contribution in [0.1, 0.15) is 74.1 Å². The lowest BCUT2D eigenvalue weighted by molar-refractivity contribution is -0.142. The lowest BCUT2D eigenvalue weighted by atomic mass is 9.79. The highest BCUT2D eigenvalue weighted by atomic mass is 16.5. The summed E-state index contributed by atoms with van der Waals surface area (Å²) < 4.78 is 15.5. The summed E-state index contributed by atoms with van der Waals surface area (Å²) in [6, 6.07) is 2.57. The van der Waals surface area contributed by atoms with Crippen LogP contribution in [0.3, 0.4) is 0 Å². The maximum absolute atomic E-state index is 13.4. The summed E-state index contributed by atoms with van der Waals surface area (Å²) in [4.78, 5) is 50.4. The van der Waals surface area contributed by atoms with Gasteiger partial charge >= 0.3 is 11.9 Å². The van der Waals surface area contributed by atoms with Gasteiger partial charge in [0.2, 0.25) is 5.78 Å². The highest BCUT2D eigenvalue weighted by Gasteiger charge is 2.40. The van der Waals surface area contributed by atoms with Crippen molar-refractivity contribution in [3.05, 3.63) is 57.2 Å². The molecule has 33 heavy (non-hydrogen) atoms. The first kappa shape index (κ1) is 22.1. The molecule has 0 spiro atoms. The molecule has 2 aromatic carbocycles. The summed E-state index contributed by atoms with van der Waals surface area (Å²) >= 11 is 0. The zero-order valence-corrected chi connectivity index (χ0v) is 18.3. The van der Waals surface area contributed by atoms with Crippen molar-refractivity contribution in [2.24, 2.45) is 0 Å². The highest BCUT2D eigenvalue weighted by Crippen LogP contribution is 2.46. The van der Waals surface area contributed by atoms with E-state index in [2.05, 4.69) is 0 Å². The lowest BCUT2D eigenvalue weighted by Gasteiger charge is -2.30. The van der Waals surface area contributed by atoms with Gasteiger partial charge in [0, 0.05) is 23.6 Å². The predicted octanol–water partition coefficient (Wildman–Crippen LogP) is 2.91. The van der Waals surface area contributed by atoms with E-state index in [0.717, 1.165) is 14.0 Å². The fraction of sp³-hybridized carbons (Fsp3) is 0.250. The molecule has 0 saturated heterocycles. The fourth-order valence-corrected chi connectivity index (χ4v) is 3.94. The van der Waals surface area contributed by atoms with Crippen LogP contribution in [-0.2, 0) is 20.9 Å². The Labute approximate surface area is 188 Å². The minimum Gasteiger partial charge on any atom is -0.506 e. The Hall–Kier alpha value is -4.14. The monoisotopic (exact) mass is 452 g/mol. The Morgan fingerprint density at radius 3 is 2.30 bits per heavy atom. The van der Waals surface area contributed by atoms with E-state index in [1.54, 1.807) is 26.0 Å². The van der Waals surface area contributed by atoms with Gasteiger partial charge in [0.25, 0.3) is 0 Å². The number of carbonyl (C=O) groups excluding carboxylic acids is 4. The molecule has 0 saturated carbocycles. The van der Waals surface area contributed by atoms with Crippen molar-refractivity contribution in [1.82, 2.24) is 0 Å². The number of carbonyl (C=O) groups is 4. The molecule has 9 nitrogen and oxygen atoms in total. The van der Waals surface area contributed by atoms with Crippen molar-refractivity contribution in [2.75, 3.05) is 7.11 Å². The van der Waals surface area contributed by atoms with Crippen LogP contribution in [-0.4, -0.2) is 46.4 Å². The molecule has 170 valence electrons. The summed E-state index contributed by atoms with van der Waals surface area (Å²) in [5.74, 6) is -4.21. The number of methoxy groups -OCH3 is 1. The van der Waals surface area contributed by atoms with Crippen LogP contribution in [0.2, 0.25) is 0 Å². The maximum atomic E-state index is 13.4. The zero-order valence-electron chi connectivity index (χ0n) is 18.3. The number of esters is 2. The van der Waals surface area contributed by atoms with Crippen LogP contribution in [0.5, 0.6) is 17.2 Å². The van der Waals surface area contributed by atoms with Gasteiger partial charge in [-0.2, -0.15) is 0 Å². The summed E-state index contributed by atoms with van der Waals surface area (Å²) in [5, 5.41) is 21.7. The Morgan fingerprint density at radius 1 is 1.03 bits per heavy atom. The van der Waals surface area contributed by atoms with E-state index in [0.29, 0.717) is 0 Å². The summed E-state index contributed by atoms with van der Waals surface area (Å²) in [5.41, 5.74) is -1.98. The fourth-order valence-electron chi connectivity index (χ4n) is 3.94. The molecule has 0 atom stereocenters. The van der Waals surface area contributed by atoms with E-state index in [-0.39, 0.29) is 33.6 Å². The quantitative estimate of drug-likeness (QED) is 0.575. The molecular formula is C24H20O9. The molecule has 9 heteroatoms. The van der Waals surface area contributed by atoms with Crippen molar-refractivity contribution in [3.63, 3.8) is 0 Å². The van der Waals surface area contributed by atoms with Crippen LogP contribution in [0.15, 0.2) is 18.2 Å². The molecule has 0 bridgehead atoms. The maximum Gasteiger partial charge on any atom is 0.342 e. The standard InChI is InChI=1S/C24H20O9/c1-10(25)32-9-11-7-13-18(21(28)16(11)23(30)31-4)22(29)17-14(19(13)26)8-15-12(20(17)27)5-6-24(2,3)33-15/h5-8,27-28H,9H2,1-4H3. The second-order valence-corrected chi connectivity index (χ2v) is 8.21. The number of hydrogen-bond acceptors (Lipinski definition) is 9. The number of hydrogen-bond donors (Lipinski definition) is 2. The predicted molar refractivity (Wildman–Crippen MR) is 114 cm³/mol. The molecule has 2 aliphatic rings. The molecule has 4 rings (SSSR count). The molecule has 0 unspecified atom stereocenters. The summed E-state index contributed by atoms with van der Waals surface area (Å²) in [7, 11) is 1.07. The van der Waals surface area contributed by atoms with Crippen molar-refractivity contribution in [1.29, 1.82) is 0 Å². The summed E-state index contributed by atoms with van der Waals surface area (Å²) in [6.45, 7) is 4.30. The summed E-state index contributed by atoms with van der Waals surface area (Å²) in [6.07, 6.45) is 3.28. The third-order valence-electron chi connectivity index (χ3n) is 5.47. The van der Waals surface area contributed by atoms with Crippen molar-refractivity contribution in [2.45, 2.75) is 33.0 Å². The number of ether oxygens (including phenoxy) is 3. The van der Waals surface area contributed by atoms with E-state index >= 15 is 0 Å². The number of ketones is 2. The molecular weight excluding hydrogens is 432 g/mol. The Bertz CT molecular complexity index is 1300. The number of fused-ring (bicyclic) bond motifs is 3. The molecule has 2 aromatic rings. The Morgan fingerprint density at radius 2 is 1.67 bits per heavy atom. The molecule has 0 radical (unpaired) electrons. The minimum absolute atomic E-state index is 0.0135. The second-order valence-electron chi connectivity index (χ2n) is 8.21. The molecule has 0 fully saturated rings. The topological polar surface area (TPSA) is 136 Å². The number of aromatic hydroxyl groups is 2. The van der Waals surface area contributed by atoms with E-state index < -0.39 is 58.3 Å². The van der Waals surface area contributed by atoms with Gasteiger partial charge in [-0.05, 0) is 38.1 Å². The van der Waals surface area contributed by atoms with Gasteiger partial charge in [-0.3, -0.25) is 14.4 Å². The Balaban J connectivity index is 1.96. The van der Waals surface area contributed by atoms with Crippen LogP contribution < -0.4 is 4.74 Å². The van der Waals surface area contributed by atoms with Crippen molar-refractivity contribution < 1.29 is 43.6 Å². The number of phenols is 2. The van der Waals surface area contributed by atoms with Crippen LogP contribution in [0.4, 0.5) is 0 Å². The average molecular weight is 452 g/mol. The van der Waals surface area contributed by atoms with E-state index in [9.17, 15) is 29.4 Å². The van der Waals surface area contributed by atoms with Gasteiger partial charge in [0.1, 0.15) is 35.0 Å². The SMILES string of the molecule is COC(=O)c1c(COC(C)=O)cc2c(c1O)C(=O)c1c(cc3c(c1O)C=CC(C)(C)O3)C2=O. The molecule has 1 aliphatic carbocycles. The van der Waals surface area contributed by atoms with Gasteiger partial charge in [-0.25, -0.2) is 4.79 Å². The molecule has 1 aliphatic heterocycles. The number of rotatable bonds is 3. The molecule has 0 amide bonds. The zero-order chi connectivity index (χ0) is 24.2. The van der Waals surface area contributed by atoms with E-state index in [1.807, 2.05) is 0 Å². The largest absolute Gasteiger partial charge is 0.506 e. The van der Waals surface area contributed by atoms with Gasteiger partial charge in [-0.1, -0.05) is 0 Å². The van der Waals surface area contributed by atoms with Crippen LogP contribution >= 0.6 is 0 Å². The third-order valence-corrected chi connectivity index (χ3v) is 5.47. The lowest BCUT2D eigenvalue weighted by Crippen LogP contribution is -2.29. The number of phenolic OH excluding ortho intramolecular Hbond substituents is 2. The average Bonchev–Trinajstić information content (AvgIpc) is 2.74. The first-order valence-electron chi connectivity index (χ1n) is 9.95. The minimum atomic E-state index is -0.989. The van der Waals surface area contributed by atoms with Crippen molar-refractivity contribution in [3.8, 4) is 17.2 Å². The second kappa shape index (κ2) is 7.47. The molecule has 1 heterocycles. The molecule has 0 aromatic heterocycles. The smallest absolute Gasteiger partial charge is 0.342 e. The van der Waals surface area contributed by atoms with E-state index in [4.69, 9.17) is 14.2 Å². The van der Waals surface area contributed by atoms with Crippen LogP contribution in [0, 0.1) is 0 Å². The van der Waals surface area contributed by atoms with E-state index in [1.165, 1.54) is 12.1 Å². The van der Waals surface area contributed by atoms with Crippen molar-refractivity contribution >= 4 is 29.6 Å². The van der Waals surface area contributed by atoms with Gasteiger partial charge in [0.15, 0.2) is 5.78 Å². The first-order chi connectivity index (χ1) is 15.5. The first-order valence-corrected chi connectivity index (χ1v) is 9.95.